The number of nitrogens with zero attached hydrogens (tertiary/aromatic N) is 1. The molecule has 3 nitrogen and oxygen atoms in total. The van der Waals surface area contributed by atoms with Crippen LogP contribution < -0.4 is 5.43 Å². The third-order valence-corrected chi connectivity index (χ3v) is 1.35. The molecule has 0 aliphatic carbocycles. The Kier molecular flexibility index (Phi) is 4.67. The maximum Gasteiger partial charge on any atom is 0.119 e. The van der Waals surface area contributed by atoms with Crippen LogP contribution in [-0.4, -0.2) is 29.9 Å². The summed E-state index contributed by atoms with van der Waals surface area (Å²) in [5, 5.41) is 11.0. The molecule has 0 aromatic carbocycles. The molecular formula is C6H16N2O. The van der Waals surface area contributed by atoms with Crippen LogP contribution in [0.25, 0.3) is 0 Å². The maximum atomic E-state index is 9.18. The van der Waals surface area contributed by atoms with E-state index in [2.05, 4.69) is 5.43 Å². The maximum absolute atomic E-state index is 9.18. The molecule has 0 fully saturated rings. The Hall–Kier alpha value is -0.120. The Labute approximate surface area is 56.6 Å². The van der Waals surface area contributed by atoms with Gasteiger partial charge in [-0.3, -0.25) is 5.43 Å². The normalized spacial score (nSPS) is 14.3. The lowest BCUT2D eigenvalue weighted by molar-refractivity contribution is -0.0244. The lowest BCUT2D eigenvalue weighted by Gasteiger charge is -2.23. The summed E-state index contributed by atoms with van der Waals surface area (Å²) < 4.78 is 0. The van der Waals surface area contributed by atoms with Crippen molar-refractivity contribution in [2.24, 2.45) is 0 Å². The van der Waals surface area contributed by atoms with Crippen molar-refractivity contribution in [1.82, 2.24) is 10.4 Å². The van der Waals surface area contributed by atoms with Gasteiger partial charge in [-0.1, -0.05) is 13.8 Å². The molecule has 2 N–H and O–H groups in total. The first kappa shape index (κ1) is 8.88. The summed E-state index contributed by atoms with van der Waals surface area (Å²) in [4.78, 5) is 0. The van der Waals surface area contributed by atoms with E-state index in [9.17, 15) is 5.11 Å². The zero-order chi connectivity index (χ0) is 7.28. The van der Waals surface area contributed by atoms with E-state index in [1.54, 1.807) is 5.01 Å². The summed E-state index contributed by atoms with van der Waals surface area (Å²) >= 11 is 0. The predicted molar refractivity (Wildman–Crippen MR) is 37.7 cm³/mol. The number of hydrogen-bond donors (Lipinski definition) is 2. The fraction of sp³-hybridized carbons (Fsp3) is 1.00. The van der Waals surface area contributed by atoms with Crippen molar-refractivity contribution in [1.29, 1.82) is 0 Å². The van der Waals surface area contributed by atoms with E-state index in [1.165, 1.54) is 0 Å². The van der Waals surface area contributed by atoms with Crippen LogP contribution >= 0.6 is 0 Å². The van der Waals surface area contributed by atoms with Crippen molar-refractivity contribution in [3.63, 3.8) is 0 Å². The average molecular weight is 132 g/mol. The molecule has 56 valence electrons. The van der Waals surface area contributed by atoms with Gasteiger partial charge in [-0.25, -0.2) is 5.01 Å². The molecule has 1 atom stereocenters. The van der Waals surface area contributed by atoms with E-state index < -0.39 is 0 Å². The Morgan fingerprint density at radius 2 is 2.11 bits per heavy atom. The highest BCUT2D eigenvalue weighted by atomic mass is 16.3. The molecule has 9 heavy (non-hydrogen) atoms. The first-order valence-electron chi connectivity index (χ1n) is 3.38. The highest BCUT2D eigenvalue weighted by Gasteiger charge is 2.07. The molecule has 0 saturated carbocycles. The number of hydrazine groups is 1. The van der Waals surface area contributed by atoms with Crippen LogP contribution in [0.1, 0.15) is 20.3 Å². The molecule has 0 heterocycles. The standard InChI is InChI=1S/C6H16N2O/c1-4-6(9)8(5-2)7-3/h6-7,9H,4-5H2,1-3H3. The molecule has 3 heteroatoms. The van der Waals surface area contributed by atoms with Gasteiger partial charge in [-0.15, -0.1) is 0 Å². The molecule has 0 aliphatic rings. The Bertz CT molecular complexity index is 64.1. The summed E-state index contributed by atoms with van der Waals surface area (Å²) in [6, 6.07) is 0. The Morgan fingerprint density at radius 3 is 2.22 bits per heavy atom. The molecule has 0 aliphatic heterocycles. The number of hydrogen-bond acceptors (Lipinski definition) is 3. The van der Waals surface area contributed by atoms with Crippen molar-refractivity contribution < 1.29 is 5.11 Å². The Balaban J connectivity index is 3.50. The van der Waals surface area contributed by atoms with Crippen molar-refractivity contribution in [3.05, 3.63) is 0 Å². The van der Waals surface area contributed by atoms with Crippen molar-refractivity contribution in [3.8, 4) is 0 Å². The molecule has 0 amide bonds. The zero-order valence-electron chi connectivity index (χ0n) is 6.39. The SMILES string of the molecule is CCC(O)N(CC)NC. The molecule has 0 aromatic heterocycles. The van der Waals surface area contributed by atoms with E-state index >= 15 is 0 Å². The highest BCUT2D eigenvalue weighted by molar-refractivity contribution is 4.49. The lowest BCUT2D eigenvalue weighted by Crippen LogP contribution is -2.43. The van der Waals surface area contributed by atoms with Gasteiger partial charge < -0.3 is 5.11 Å². The fourth-order valence-electron chi connectivity index (χ4n) is 0.738. The summed E-state index contributed by atoms with van der Waals surface area (Å²) in [5.74, 6) is 0. The summed E-state index contributed by atoms with van der Waals surface area (Å²) in [7, 11) is 1.81. The zero-order valence-corrected chi connectivity index (χ0v) is 6.39. The number of nitrogens with one attached hydrogen (secondary N) is 1. The number of aliphatic hydroxyl groups excluding tert-OH is 1. The highest BCUT2D eigenvalue weighted by Crippen LogP contribution is 1.93. The van der Waals surface area contributed by atoms with Gasteiger partial charge in [-0.05, 0) is 13.5 Å². The minimum atomic E-state index is -0.347. The van der Waals surface area contributed by atoms with Gasteiger partial charge in [0.15, 0.2) is 0 Å². The minimum Gasteiger partial charge on any atom is -0.377 e. The smallest absolute Gasteiger partial charge is 0.119 e. The van der Waals surface area contributed by atoms with E-state index in [-0.39, 0.29) is 6.23 Å². The molecule has 0 spiro atoms. The summed E-state index contributed by atoms with van der Waals surface area (Å²) in [6.45, 7) is 4.77. The van der Waals surface area contributed by atoms with E-state index in [0.29, 0.717) is 0 Å². The molecule has 0 aromatic rings. The van der Waals surface area contributed by atoms with Gasteiger partial charge in [0.25, 0.3) is 0 Å². The quantitative estimate of drug-likeness (QED) is 0.423. The van der Waals surface area contributed by atoms with Crippen LogP contribution in [0.15, 0.2) is 0 Å². The minimum absolute atomic E-state index is 0.347. The van der Waals surface area contributed by atoms with Crippen LogP contribution in [0.5, 0.6) is 0 Å². The average Bonchev–Trinajstić information content (AvgIpc) is 1.90. The van der Waals surface area contributed by atoms with E-state index in [0.717, 1.165) is 13.0 Å². The fourth-order valence-corrected chi connectivity index (χ4v) is 0.738. The van der Waals surface area contributed by atoms with Gasteiger partial charge in [0.1, 0.15) is 6.23 Å². The van der Waals surface area contributed by atoms with Crippen LogP contribution in [0.2, 0.25) is 0 Å². The molecular weight excluding hydrogens is 116 g/mol. The van der Waals surface area contributed by atoms with Gasteiger partial charge in [0, 0.05) is 6.54 Å². The molecule has 0 bridgehead atoms. The molecule has 1 unspecified atom stereocenters. The Morgan fingerprint density at radius 1 is 1.56 bits per heavy atom. The second-order valence-corrected chi connectivity index (χ2v) is 1.90. The summed E-state index contributed by atoms with van der Waals surface area (Å²) in [6.07, 6.45) is 0.411. The first-order chi connectivity index (χ1) is 4.26. The van der Waals surface area contributed by atoms with Crippen molar-refractivity contribution in [2.75, 3.05) is 13.6 Å². The topological polar surface area (TPSA) is 35.5 Å². The van der Waals surface area contributed by atoms with Crippen molar-refractivity contribution in [2.45, 2.75) is 26.5 Å². The van der Waals surface area contributed by atoms with Crippen LogP contribution in [-0.2, 0) is 0 Å². The number of rotatable bonds is 4. The third kappa shape index (κ3) is 2.79. The molecule has 0 radical (unpaired) electrons. The second-order valence-electron chi connectivity index (χ2n) is 1.90. The van der Waals surface area contributed by atoms with Crippen LogP contribution in [0.3, 0.4) is 0 Å². The van der Waals surface area contributed by atoms with Crippen LogP contribution in [0, 0.1) is 0 Å². The van der Waals surface area contributed by atoms with Gasteiger partial charge in [0.05, 0.1) is 0 Å². The van der Waals surface area contributed by atoms with Crippen LogP contribution in [0.4, 0.5) is 0 Å². The van der Waals surface area contributed by atoms with Gasteiger partial charge >= 0.3 is 0 Å². The lowest BCUT2D eigenvalue weighted by atomic mass is 10.4. The monoisotopic (exact) mass is 132 g/mol. The van der Waals surface area contributed by atoms with Gasteiger partial charge in [0.2, 0.25) is 0 Å². The van der Waals surface area contributed by atoms with Gasteiger partial charge in [-0.2, -0.15) is 0 Å². The van der Waals surface area contributed by atoms with Crippen molar-refractivity contribution >= 4 is 0 Å². The number of aliphatic hydroxyl groups is 1. The molecule has 0 rings (SSSR count). The summed E-state index contributed by atoms with van der Waals surface area (Å²) in [5.41, 5.74) is 2.89. The van der Waals surface area contributed by atoms with E-state index in [1.807, 2.05) is 20.9 Å². The molecule has 0 saturated heterocycles. The first-order valence-corrected chi connectivity index (χ1v) is 3.38. The second kappa shape index (κ2) is 4.73. The largest absolute Gasteiger partial charge is 0.377 e. The van der Waals surface area contributed by atoms with E-state index in [4.69, 9.17) is 0 Å². The third-order valence-electron chi connectivity index (χ3n) is 1.35. The predicted octanol–water partition coefficient (Wildman–Crippen LogP) is 0.171.